The van der Waals surface area contributed by atoms with Crippen molar-refractivity contribution < 1.29 is 38.0 Å². The quantitative estimate of drug-likeness (QED) is 0.0461. The van der Waals surface area contributed by atoms with Crippen LogP contribution in [-0.2, 0) is 33.2 Å². The number of hydrogen-bond donors (Lipinski definition) is 2. The zero-order chi connectivity index (χ0) is 42.5. The minimum atomic E-state index is -0.615. The molecule has 10 nitrogen and oxygen atoms in total. The number of alkyl carbamates (subject to hydrolysis) is 1. The molecule has 342 valence electrons. The molecule has 0 saturated heterocycles. The van der Waals surface area contributed by atoms with Crippen molar-refractivity contribution in [2.75, 3.05) is 72.6 Å². The lowest BCUT2D eigenvalue weighted by Gasteiger charge is -2.19. The summed E-state index contributed by atoms with van der Waals surface area (Å²) in [6, 6.07) is 0. The predicted molar refractivity (Wildman–Crippen MR) is 241 cm³/mol. The molecule has 1 atom stereocenters. The van der Waals surface area contributed by atoms with Gasteiger partial charge in [0.1, 0.15) is 5.60 Å². The maximum absolute atomic E-state index is 13.0. The summed E-state index contributed by atoms with van der Waals surface area (Å²) in [5, 5.41) is 5.62. The number of allylic oxidation sites excluding steroid dienone is 4. The molecule has 0 rings (SSSR count). The number of rotatable bonds is 44. The summed E-state index contributed by atoms with van der Waals surface area (Å²) in [5.74, 6) is -0.147. The van der Waals surface area contributed by atoms with E-state index in [-0.39, 0.29) is 12.5 Å². The maximum Gasteiger partial charge on any atom is 0.407 e. The fraction of sp³-hybridized carbons (Fsp3) is 0.875. The zero-order valence-corrected chi connectivity index (χ0v) is 38.4. The van der Waals surface area contributed by atoms with E-state index >= 15 is 0 Å². The molecule has 10 heteroatoms. The highest BCUT2D eigenvalue weighted by atomic mass is 16.6. The summed E-state index contributed by atoms with van der Waals surface area (Å²) in [5.41, 5.74) is -0.522. The van der Waals surface area contributed by atoms with Crippen LogP contribution in [0.5, 0.6) is 0 Å². The lowest BCUT2D eigenvalue weighted by molar-refractivity contribution is -0.137. The molecule has 0 heterocycles. The first-order chi connectivity index (χ1) is 28.3. The van der Waals surface area contributed by atoms with Crippen LogP contribution in [0, 0.1) is 0 Å². The first kappa shape index (κ1) is 56.0. The molecule has 0 aromatic heterocycles. The van der Waals surface area contributed by atoms with E-state index in [0.29, 0.717) is 65.9 Å². The van der Waals surface area contributed by atoms with Gasteiger partial charge in [0.15, 0.2) is 6.10 Å². The summed E-state index contributed by atoms with van der Waals surface area (Å²) in [6.07, 6.45) is 38.2. The van der Waals surface area contributed by atoms with Gasteiger partial charge in [-0.1, -0.05) is 128 Å². The number of ether oxygens (including phenoxy) is 6. The highest BCUT2D eigenvalue weighted by Crippen LogP contribution is 2.12. The summed E-state index contributed by atoms with van der Waals surface area (Å²) < 4.78 is 33.9. The summed E-state index contributed by atoms with van der Waals surface area (Å²) in [7, 11) is 0. The van der Waals surface area contributed by atoms with Crippen LogP contribution in [-0.4, -0.2) is 96.3 Å². The second-order valence-corrected chi connectivity index (χ2v) is 16.5. The molecule has 0 fully saturated rings. The monoisotopic (exact) mass is 825 g/mol. The molecule has 0 saturated carbocycles. The first-order valence-corrected chi connectivity index (χ1v) is 23.8. The van der Waals surface area contributed by atoms with Gasteiger partial charge in [0.2, 0.25) is 0 Å². The van der Waals surface area contributed by atoms with Gasteiger partial charge in [0.25, 0.3) is 5.91 Å². The van der Waals surface area contributed by atoms with Gasteiger partial charge in [0, 0.05) is 26.3 Å². The Morgan fingerprint density at radius 2 is 0.862 bits per heavy atom. The highest BCUT2D eigenvalue weighted by molar-refractivity contribution is 5.80. The van der Waals surface area contributed by atoms with Crippen molar-refractivity contribution in [1.29, 1.82) is 0 Å². The van der Waals surface area contributed by atoms with Crippen molar-refractivity contribution in [3.05, 3.63) is 24.3 Å². The van der Waals surface area contributed by atoms with Crippen LogP contribution in [0.1, 0.15) is 189 Å². The standard InChI is InChI=1S/C48H92N2O8/c1-6-8-10-12-14-16-18-20-22-24-26-28-30-32-36-56-44-45(57-37-33-31-29-27-25-23-21-19-17-15-13-11-9-7-2)46(51)49-34-38-53-40-42-55-43-41-54-39-35-50-47(52)58-48(3,4)5/h16-19,45H,6-15,20-44H2,1-5H3,(H,49,51)(H,50,52)/b18-16-,19-17-. The Labute approximate surface area is 357 Å². The lowest BCUT2D eigenvalue weighted by atomic mass is 10.1. The van der Waals surface area contributed by atoms with E-state index in [1.165, 1.54) is 128 Å². The van der Waals surface area contributed by atoms with Crippen LogP contribution in [0.25, 0.3) is 0 Å². The van der Waals surface area contributed by atoms with E-state index in [2.05, 4.69) is 48.8 Å². The molecule has 0 aliphatic rings. The Morgan fingerprint density at radius 1 is 0.466 bits per heavy atom. The molecule has 2 N–H and O–H groups in total. The van der Waals surface area contributed by atoms with Gasteiger partial charge in [-0.25, -0.2) is 4.79 Å². The van der Waals surface area contributed by atoms with Gasteiger partial charge in [-0.05, 0) is 85.0 Å². The second-order valence-electron chi connectivity index (χ2n) is 16.5. The number of amides is 2. The first-order valence-electron chi connectivity index (χ1n) is 23.8. The third-order valence-electron chi connectivity index (χ3n) is 9.54. The van der Waals surface area contributed by atoms with Gasteiger partial charge >= 0.3 is 6.09 Å². The molecule has 0 aliphatic heterocycles. The molecule has 0 aliphatic carbocycles. The molecule has 0 spiro atoms. The largest absolute Gasteiger partial charge is 0.444 e. The van der Waals surface area contributed by atoms with Gasteiger partial charge in [-0.2, -0.15) is 0 Å². The number of carbonyl (C=O) groups is 2. The number of nitrogens with one attached hydrogen (secondary N) is 2. The molecule has 0 radical (unpaired) electrons. The third-order valence-corrected chi connectivity index (χ3v) is 9.54. The Hall–Kier alpha value is -1.98. The van der Waals surface area contributed by atoms with Crippen LogP contribution in [0.3, 0.4) is 0 Å². The topological polar surface area (TPSA) is 114 Å². The molecular weight excluding hydrogens is 733 g/mol. The van der Waals surface area contributed by atoms with Crippen molar-refractivity contribution in [2.24, 2.45) is 0 Å². The average molecular weight is 825 g/mol. The molecule has 58 heavy (non-hydrogen) atoms. The molecule has 2 amide bonds. The third kappa shape index (κ3) is 45.1. The van der Waals surface area contributed by atoms with Crippen LogP contribution >= 0.6 is 0 Å². The molecular formula is C48H92N2O8. The van der Waals surface area contributed by atoms with E-state index < -0.39 is 17.8 Å². The Kier molecular flexibility index (Phi) is 43.0. The van der Waals surface area contributed by atoms with Crippen LogP contribution in [0.4, 0.5) is 4.79 Å². The van der Waals surface area contributed by atoms with Gasteiger partial charge < -0.3 is 39.1 Å². The van der Waals surface area contributed by atoms with Crippen molar-refractivity contribution in [1.82, 2.24) is 10.6 Å². The molecule has 0 aromatic rings. The van der Waals surface area contributed by atoms with Crippen molar-refractivity contribution in [2.45, 2.75) is 200 Å². The number of unbranched alkanes of at least 4 members (excludes halogenated alkanes) is 20. The minimum absolute atomic E-state index is 0.147. The Bertz CT molecular complexity index is 939. The van der Waals surface area contributed by atoms with E-state index in [0.717, 1.165) is 25.7 Å². The van der Waals surface area contributed by atoms with E-state index in [4.69, 9.17) is 28.4 Å². The van der Waals surface area contributed by atoms with Crippen molar-refractivity contribution in [3.63, 3.8) is 0 Å². The number of carbonyl (C=O) groups excluding carboxylic acids is 2. The molecule has 0 bridgehead atoms. The van der Waals surface area contributed by atoms with Gasteiger partial charge in [-0.3, -0.25) is 4.79 Å². The smallest absolute Gasteiger partial charge is 0.407 e. The second kappa shape index (κ2) is 44.6. The fourth-order valence-electron chi connectivity index (χ4n) is 6.15. The van der Waals surface area contributed by atoms with Crippen LogP contribution in [0.15, 0.2) is 24.3 Å². The SMILES string of the molecule is CCCCCC/C=C\CCCCCCCCOCC(OCCCCCCCC/C=C\CCCCCC)C(=O)NCCOCCOCCOCCNC(=O)OC(C)(C)C. The van der Waals surface area contributed by atoms with E-state index in [1.54, 1.807) is 0 Å². The summed E-state index contributed by atoms with van der Waals surface area (Å²) >= 11 is 0. The van der Waals surface area contributed by atoms with E-state index in [9.17, 15) is 9.59 Å². The van der Waals surface area contributed by atoms with Crippen molar-refractivity contribution >= 4 is 12.0 Å². The van der Waals surface area contributed by atoms with Crippen LogP contribution < -0.4 is 10.6 Å². The fourth-order valence-corrected chi connectivity index (χ4v) is 6.15. The molecule has 1 unspecified atom stereocenters. The summed E-state index contributed by atoms with van der Waals surface area (Å²) in [6.45, 7) is 14.7. The lowest BCUT2D eigenvalue weighted by Crippen LogP contribution is -2.41. The number of hydrogen-bond acceptors (Lipinski definition) is 8. The summed E-state index contributed by atoms with van der Waals surface area (Å²) in [4.78, 5) is 24.7. The van der Waals surface area contributed by atoms with Crippen molar-refractivity contribution in [3.8, 4) is 0 Å². The normalized spacial score (nSPS) is 12.5. The molecule has 0 aromatic carbocycles. The van der Waals surface area contributed by atoms with Gasteiger partial charge in [-0.15, -0.1) is 0 Å². The highest BCUT2D eigenvalue weighted by Gasteiger charge is 2.19. The zero-order valence-electron chi connectivity index (χ0n) is 38.4. The van der Waals surface area contributed by atoms with Crippen LogP contribution in [0.2, 0.25) is 0 Å². The maximum atomic E-state index is 13.0. The Morgan fingerprint density at radius 3 is 1.33 bits per heavy atom. The predicted octanol–water partition coefficient (Wildman–Crippen LogP) is 11.6. The minimum Gasteiger partial charge on any atom is -0.444 e. The Balaban J connectivity index is 4.18. The average Bonchev–Trinajstić information content (AvgIpc) is 3.19. The van der Waals surface area contributed by atoms with E-state index in [1.807, 2.05) is 20.8 Å². The van der Waals surface area contributed by atoms with Gasteiger partial charge in [0.05, 0.1) is 46.2 Å².